The number of hydrogen-bond acceptors (Lipinski definition) is 5. The number of aryl methyl sites for hydroxylation is 1. The number of likely N-dealkylation sites (N-methyl/N-ethyl adjacent to an activating group) is 1. The minimum absolute atomic E-state index is 0.523. The number of fused-ring (bicyclic) bond motifs is 1. The van der Waals surface area contributed by atoms with Gasteiger partial charge in [-0.25, -0.2) is 4.98 Å². The van der Waals surface area contributed by atoms with E-state index in [-0.39, 0.29) is 0 Å². The van der Waals surface area contributed by atoms with Crippen molar-refractivity contribution in [2.45, 2.75) is 38.3 Å². The van der Waals surface area contributed by atoms with Crippen molar-refractivity contribution in [2.75, 3.05) is 39.1 Å². The molecule has 1 saturated heterocycles. The van der Waals surface area contributed by atoms with Crippen LogP contribution in [0.25, 0.3) is 0 Å². The first-order chi connectivity index (χ1) is 9.60. The Bertz CT molecular complexity index is 470. The molecule has 1 aliphatic heterocycles. The highest BCUT2D eigenvalue weighted by molar-refractivity contribution is 7.15. The molecule has 1 N–H and O–H groups in total. The van der Waals surface area contributed by atoms with Crippen LogP contribution in [-0.4, -0.2) is 50.2 Å². The summed E-state index contributed by atoms with van der Waals surface area (Å²) in [4.78, 5) is 11.3. The molecule has 3 rings (SSSR count). The Morgan fingerprint density at radius 1 is 1.35 bits per heavy atom. The van der Waals surface area contributed by atoms with Gasteiger partial charge in [0.2, 0.25) is 0 Å². The monoisotopic (exact) mass is 294 g/mol. The van der Waals surface area contributed by atoms with Gasteiger partial charge in [-0.05, 0) is 46.3 Å². The standard InChI is InChI=1S/C15H26N4S/c1-10-8-19(9-13(10)18(3)4)15-17-12-7-5-6-11(16-2)14(12)20-15/h10-11,13,16H,5-9H2,1-4H3. The minimum Gasteiger partial charge on any atom is -0.346 e. The van der Waals surface area contributed by atoms with Crippen molar-refractivity contribution in [2.24, 2.45) is 5.92 Å². The van der Waals surface area contributed by atoms with Crippen LogP contribution in [0.2, 0.25) is 0 Å². The van der Waals surface area contributed by atoms with Gasteiger partial charge in [-0.15, -0.1) is 0 Å². The van der Waals surface area contributed by atoms with Crippen LogP contribution < -0.4 is 10.2 Å². The summed E-state index contributed by atoms with van der Waals surface area (Å²) >= 11 is 1.91. The van der Waals surface area contributed by atoms with E-state index in [9.17, 15) is 0 Å². The number of rotatable bonds is 3. The number of aromatic nitrogens is 1. The lowest BCUT2D eigenvalue weighted by molar-refractivity contribution is 0.266. The van der Waals surface area contributed by atoms with Gasteiger partial charge in [0.15, 0.2) is 5.13 Å². The average molecular weight is 294 g/mol. The maximum atomic E-state index is 4.95. The van der Waals surface area contributed by atoms with E-state index in [1.165, 1.54) is 28.5 Å². The van der Waals surface area contributed by atoms with E-state index in [2.05, 4.69) is 43.2 Å². The maximum absolute atomic E-state index is 4.95. The average Bonchev–Trinajstić information content (AvgIpc) is 3.01. The third-order valence-electron chi connectivity index (χ3n) is 4.79. The van der Waals surface area contributed by atoms with Crippen LogP contribution in [0.5, 0.6) is 0 Å². The minimum atomic E-state index is 0.523. The third-order valence-corrected chi connectivity index (χ3v) is 6.07. The molecule has 0 amide bonds. The van der Waals surface area contributed by atoms with Crippen molar-refractivity contribution in [3.8, 4) is 0 Å². The fourth-order valence-corrected chi connectivity index (χ4v) is 4.87. The van der Waals surface area contributed by atoms with E-state index in [4.69, 9.17) is 4.98 Å². The fourth-order valence-electron chi connectivity index (χ4n) is 3.60. The predicted octanol–water partition coefficient (Wildman–Crippen LogP) is 2.13. The van der Waals surface area contributed by atoms with Crippen LogP contribution in [0.3, 0.4) is 0 Å². The molecule has 0 spiro atoms. The number of nitrogens with one attached hydrogen (secondary N) is 1. The molecule has 1 fully saturated rings. The summed E-state index contributed by atoms with van der Waals surface area (Å²) in [5, 5.41) is 4.69. The molecular weight excluding hydrogens is 268 g/mol. The van der Waals surface area contributed by atoms with Crippen LogP contribution >= 0.6 is 11.3 Å². The van der Waals surface area contributed by atoms with E-state index in [0.717, 1.165) is 19.5 Å². The molecule has 2 aliphatic rings. The number of hydrogen-bond donors (Lipinski definition) is 1. The summed E-state index contributed by atoms with van der Waals surface area (Å²) in [6.07, 6.45) is 3.67. The van der Waals surface area contributed by atoms with Crippen LogP contribution in [0.4, 0.5) is 5.13 Å². The lowest BCUT2D eigenvalue weighted by Gasteiger charge is -2.22. The summed E-state index contributed by atoms with van der Waals surface area (Å²) in [7, 11) is 6.45. The molecule has 0 saturated carbocycles. The van der Waals surface area contributed by atoms with E-state index in [1.54, 1.807) is 0 Å². The van der Waals surface area contributed by atoms with Gasteiger partial charge in [0.25, 0.3) is 0 Å². The fraction of sp³-hybridized carbons (Fsp3) is 0.800. The molecule has 20 heavy (non-hydrogen) atoms. The first kappa shape index (κ1) is 14.3. The lowest BCUT2D eigenvalue weighted by Crippen LogP contribution is -2.34. The van der Waals surface area contributed by atoms with E-state index < -0.39 is 0 Å². The van der Waals surface area contributed by atoms with Crippen molar-refractivity contribution in [3.05, 3.63) is 10.6 Å². The van der Waals surface area contributed by atoms with Gasteiger partial charge in [0, 0.05) is 30.1 Å². The van der Waals surface area contributed by atoms with Gasteiger partial charge < -0.3 is 15.1 Å². The van der Waals surface area contributed by atoms with Gasteiger partial charge in [-0.3, -0.25) is 0 Å². The highest BCUT2D eigenvalue weighted by Gasteiger charge is 2.34. The van der Waals surface area contributed by atoms with Crippen LogP contribution in [0.15, 0.2) is 0 Å². The Morgan fingerprint density at radius 2 is 2.15 bits per heavy atom. The molecule has 1 aromatic heterocycles. The third kappa shape index (κ3) is 2.47. The predicted molar refractivity (Wildman–Crippen MR) is 85.7 cm³/mol. The maximum Gasteiger partial charge on any atom is 0.185 e. The van der Waals surface area contributed by atoms with Crippen LogP contribution in [0, 0.1) is 5.92 Å². The lowest BCUT2D eigenvalue weighted by atomic mass is 9.98. The molecule has 3 atom stereocenters. The zero-order valence-electron chi connectivity index (χ0n) is 13.0. The summed E-state index contributed by atoms with van der Waals surface area (Å²) < 4.78 is 0. The Morgan fingerprint density at radius 3 is 2.80 bits per heavy atom. The van der Waals surface area contributed by atoms with E-state index in [0.29, 0.717) is 18.0 Å². The molecule has 5 heteroatoms. The summed E-state index contributed by atoms with van der Waals surface area (Å²) in [6, 6.07) is 1.17. The summed E-state index contributed by atoms with van der Waals surface area (Å²) in [5.41, 5.74) is 1.34. The highest BCUT2D eigenvalue weighted by Crippen LogP contribution is 2.39. The molecule has 3 unspecified atom stereocenters. The molecule has 4 nitrogen and oxygen atoms in total. The van der Waals surface area contributed by atoms with Gasteiger partial charge >= 0.3 is 0 Å². The Kier molecular flexibility index (Phi) is 4.02. The molecule has 2 heterocycles. The quantitative estimate of drug-likeness (QED) is 0.925. The Balaban J connectivity index is 1.81. The molecule has 0 radical (unpaired) electrons. The number of anilines is 1. The first-order valence-electron chi connectivity index (χ1n) is 7.68. The SMILES string of the molecule is CNC1CCCc2nc(N3CC(C)C(N(C)C)C3)sc21. The molecule has 112 valence electrons. The summed E-state index contributed by atoms with van der Waals surface area (Å²) in [6.45, 7) is 4.61. The van der Waals surface area contributed by atoms with Crippen molar-refractivity contribution in [1.82, 2.24) is 15.2 Å². The van der Waals surface area contributed by atoms with Gasteiger partial charge in [-0.2, -0.15) is 0 Å². The highest BCUT2D eigenvalue weighted by atomic mass is 32.1. The van der Waals surface area contributed by atoms with Crippen molar-refractivity contribution in [1.29, 1.82) is 0 Å². The van der Waals surface area contributed by atoms with Gasteiger partial charge in [-0.1, -0.05) is 18.3 Å². The van der Waals surface area contributed by atoms with Crippen LogP contribution in [-0.2, 0) is 6.42 Å². The Labute approximate surface area is 126 Å². The van der Waals surface area contributed by atoms with Crippen molar-refractivity contribution < 1.29 is 0 Å². The second kappa shape index (κ2) is 5.62. The number of thiazole rings is 1. The topological polar surface area (TPSA) is 31.4 Å². The molecule has 0 bridgehead atoms. The first-order valence-corrected chi connectivity index (χ1v) is 8.50. The zero-order valence-corrected chi connectivity index (χ0v) is 13.8. The van der Waals surface area contributed by atoms with Crippen LogP contribution in [0.1, 0.15) is 36.4 Å². The normalized spacial score (nSPS) is 30.1. The molecule has 1 aromatic rings. The van der Waals surface area contributed by atoms with Crippen molar-refractivity contribution >= 4 is 16.5 Å². The Hall–Kier alpha value is -0.650. The van der Waals surface area contributed by atoms with E-state index in [1.807, 2.05) is 11.3 Å². The second-order valence-electron chi connectivity index (χ2n) is 6.45. The second-order valence-corrected chi connectivity index (χ2v) is 7.46. The molecular formula is C15H26N4S. The largest absolute Gasteiger partial charge is 0.346 e. The molecule has 0 aromatic carbocycles. The van der Waals surface area contributed by atoms with E-state index >= 15 is 0 Å². The van der Waals surface area contributed by atoms with Gasteiger partial charge in [0.1, 0.15) is 0 Å². The van der Waals surface area contributed by atoms with Crippen molar-refractivity contribution in [3.63, 3.8) is 0 Å². The zero-order chi connectivity index (χ0) is 14.3. The van der Waals surface area contributed by atoms with Gasteiger partial charge in [0.05, 0.1) is 5.69 Å². The molecule has 1 aliphatic carbocycles. The number of nitrogens with zero attached hydrogens (tertiary/aromatic N) is 3. The summed E-state index contributed by atoms with van der Waals surface area (Å²) in [5.74, 6) is 0.714. The smallest absolute Gasteiger partial charge is 0.185 e.